The predicted octanol–water partition coefficient (Wildman–Crippen LogP) is 2.59. The maximum Gasteiger partial charge on any atom is 0.435 e. The number of carboxylic acids is 1. The van der Waals surface area contributed by atoms with Crippen molar-refractivity contribution in [1.29, 1.82) is 0 Å². The third-order valence-electron chi connectivity index (χ3n) is 2.58. The van der Waals surface area contributed by atoms with Crippen molar-refractivity contribution in [2.24, 2.45) is 0 Å². The topological polar surface area (TPSA) is 80.9 Å². The van der Waals surface area contributed by atoms with Crippen LogP contribution in [-0.2, 0) is 6.18 Å². The van der Waals surface area contributed by atoms with E-state index in [1.807, 2.05) is 0 Å². The van der Waals surface area contributed by atoms with E-state index < -0.39 is 17.8 Å². The second kappa shape index (κ2) is 4.52. The second-order valence-corrected chi connectivity index (χ2v) is 4.97. The third-order valence-corrected chi connectivity index (χ3v) is 3.68. The molecule has 1 N–H and O–H groups in total. The Kier molecular flexibility index (Phi) is 2.90. The highest BCUT2D eigenvalue weighted by molar-refractivity contribution is 7.20. The van der Waals surface area contributed by atoms with Crippen molar-refractivity contribution in [3.8, 4) is 5.95 Å². The zero-order chi connectivity index (χ0) is 15.2. The Labute approximate surface area is 118 Å². The number of hydrogen-bond donors (Lipinski definition) is 1. The smallest absolute Gasteiger partial charge is 0.435 e. The highest BCUT2D eigenvalue weighted by Crippen LogP contribution is 2.38. The van der Waals surface area contributed by atoms with Crippen LogP contribution in [0.3, 0.4) is 0 Å². The molecule has 3 heterocycles. The molecular formula is C11H5F3N4O2S. The van der Waals surface area contributed by atoms with Gasteiger partial charge in [-0.1, -0.05) is 0 Å². The number of fused-ring (bicyclic) bond motifs is 1. The van der Waals surface area contributed by atoms with Gasteiger partial charge in [0.15, 0.2) is 5.69 Å². The fraction of sp³-hybridized carbons (Fsp3) is 0.0909. The van der Waals surface area contributed by atoms with Crippen LogP contribution in [-0.4, -0.2) is 30.8 Å². The lowest BCUT2D eigenvalue weighted by molar-refractivity contribution is -0.140. The minimum atomic E-state index is -4.70. The molecule has 6 nitrogen and oxygen atoms in total. The zero-order valence-electron chi connectivity index (χ0n) is 10.00. The number of hydrogen-bond acceptors (Lipinski definition) is 5. The molecule has 21 heavy (non-hydrogen) atoms. The first-order valence-corrected chi connectivity index (χ1v) is 6.30. The van der Waals surface area contributed by atoms with Gasteiger partial charge in [0.05, 0.1) is 0 Å². The molecule has 0 saturated heterocycles. The van der Waals surface area contributed by atoms with Gasteiger partial charge < -0.3 is 5.11 Å². The molecule has 0 saturated carbocycles. The zero-order valence-corrected chi connectivity index (χ0v) is 10.8. The van der Waals surface area contributed by atoms with Crippen LogP contribution in [0.4, 0.5) is 13.2 Å². The van der Waals surface area contributed by atoms with Crippen LogP contribution in [0.2, 0.25) is 0 Å². The predicted molar refractivity (Wildman–Crippen MR) is 66.5 cm³/mol. The second-order valence-electron chi connectivity index (χ2n) is 3.94. The summed E-state index contributed by atoms with van der Waals surface area (Å²) in [5.41, 5.74) is -1.16. The Morgan fingerprint density at radius 3 is 2.52 bits per heavy atom. The molecule has 108 valence electrons. The van der Waals surface area contributed by atoms with Gasteiger partial charge in [-0.25, -0.2) is 14.8 Å². The summed E-state index contributed by atoms with van der Waals surface area (Å²) < 4.78 is 39.9. The van der Waals surface area contributed by atoms with Crippen molar-refractivity contribution in [2.75, 3.05) is 0 Å². The average molecular weight is 314 g/mol. The van der Waals surface area contributed by atoms with Crippen molar-refractivity contribution < 1.29 is 23.1 Å². The quantitative estimate of drug-likeness (QED) is 0.786. The van der Waals surface area contributed by atoms with E-state index in [2.05, 4.69) is 15.1 Å². The SMILES string of the molecule is O=C(O)c1cc2c(C(F)(F)F)nn(-c3ncccn3)c2s1. The van der Waals surface area contributed by atoms with Crippen molar-refractivity contribution in [1.82, 2.24) is 19.7 Å². The van der Waals surface area contributed by atoms with Gasteiger partial charge in [0, 0.05) is 17.8 Å². The standard InChI is InChI=1S/C11H5F3N4O2S/c12-11(13,14)7-5-4-6(9(19)20)21-8(5)18(17-7)10-15-2-1-3-16-10/h1-4H,(H,19,20). The van der Waals surface area contributed by atoms with Crippen LogP contribution in [0.1, 0.15) is 15.4 Å². The van der Waals surface area contributed by atoms with Crippen molar-refractivity contribution >= 4 is 27.5 Å². The summed E-state index contributed by atoms with van der Waals surface area (Å²) in [6.07, 6.45) is -1.99. The Bertz CT molecular complexity index is 825. The number of thiophene rings is 1. The minimum Gasteiger partial charge on any atom is -0.477 e. The van der Waals surface area contributed by atoms with Crippen LogP contribution in [0.25, 0.3) is 16.2 Å². The van der Waals surface area contributed by atoms with Gasteiger partial charge in [0.25, 0.3) is 5.95 Å². The number of alkyl halides is 3. The number of nitrogens with zero attached hydrogens (tertiary/aromatic N) is 4. The number of carboxylic acid groups (broad SMARTS) is 1. The molecule has 0 fully saturated rings. The molecule has 3 rings (SSSR count). The van der Waals surface area contributed by atoms with Crippen LogP contribution in [0.5, 0.6) is 0 Å². The highest BCUT2D eigenvalue weighted by Gasteiger charge is 2.38. The molecular weight excluding hydrogens is 309 g/mol. The summed E-state index contributed by atoms with van der Waals surface area (Å²) in [6.45, 7) is 0. The molecule has 0 aliphatic rings. The van der Waals surface area contributed by atoms with E-state index in [9.17, 15) is 18.0 Å². The molecule has 0 aromatic carbocycles. The normalized spacial score (nSPS) is 12.0. The summed E-state index contributed by atoms with van der Waals surface area (Å²) in [6, 6.07) is 2.46. The summed E-state index contributed by atoms with van der Waals surface area (Å²) in [7, 11) is 0. The first-order chi connectivity index (χ1) is 9.88. The van der Waals surface area contributed by atoms with Crippen molar-refractivity contribution in [3.05, 3.63) is 35.1 Å². The molecule has 3 aromatic rings. The fourth-order valence-corrected chi connectivity index (χ4v) is 2.71. The van der Waals surface area contributed by atoms with Crippen LogP contribution in [0.15, 0.2) is 24.5 Å². The van der Waals surface area contributed by atoms with E-state index in [0.717, 1.165) is 10.7 Å². The van der Waals surface area contributed by atoms with E-state index >= 15 is 0 Å². The van der Waals surface area contributed by atoms with Gasteiger partial charge in [0.1, 0.15) is 9.71 Å². The monoisotopic (exact) mass is 314 g/mol. The van der Waals surface area contributed by atoms with Crippen molar-refractivity contribution in [3.63, 3.8) is 0 Å². The first kappa shape index (κ1) is 13.5. The molecule has 0 aliphatic carbocycles. The third kappa shape index (κ3) is 2.23. The lowest BCUT2D eigenvalue weighted by Crippen LogP contribution is -2.09. The molecule has 0 spiro atoms. The lowest BCUT2D eigenvalue weighted by atomic mass is 10.3. The number of aromatic nitrogens is 4. The van der Waals surface area contributed by atoms with Gasteiger partial charge >= 0.3 is 12.1 Å². The van der Waals surface area contributed by atoms with E-state index in [1.54, 1.807) is 0 Å². The van der Waals surface area contributed by atoms with Crippen LogP contribution < -0.4 is 0 Å². The van der Waals surface area contributed by atoms with Crippen molar-refractivity contribution in [2.45, 2.75) is 6.18 Å². The number of aromatic carboxylic acids is 1. The summed E-state index contributed by atoms with van der Waals surface area (Å²) in [5.74, 6) is -1.36. The fourth-order valence-electron chi connectivity index (χ4n) is 1.76. The maximum atomic E-state index is 13.0. The summed E-state index contributed by atoms with van der Waals surface area (Å²) in [5, 5.41) is 12.1. The molecule has 0 atom stereocenters. The summed E-state index contributed by atoms with van der Waals surface area (Å²) >= 11 is 0.685. The van der Waals surface area contributed by atoms with Gasteiger partial charge in [-0.05, 0) is 12.1 Å². The Morgan fingerprint density at radius 1 is 1.29 bits per heavy atom. The van der Waals surface area contributed by atoms with Gasteiger partial charge in [-0.3, -0.25) is 0 Å². The first-order valence-electron chi connectivity index (χ1n) is 5.48. The molecule has 0 unspecified atom stereocenters. The minimum absolute atomic E-state index is 0.0333. The molecule has 0 amide bonds. The molecule has 0 aliphatic heterocycles. The Morgan fingerprint density at radius 2 is 1.95 bits per heavy atom. The molecule has 0 radical (unpaired) electrons. The molecule has 0 bridgehead atoms. The Hall–Kier alpha value is -2.49. The van der Waals surface area contributed by atoms with E-state index in [1.165, 1.54) is 18.5 Å². The number of halogens is 3. The van der Waals surface area contributed by atoms with Crippen LogP contribution in [0, 0.1) is 0 Å². The maximum absolute atomic E-state index is 13.0. The van der Waals surface area contributed by atoms with Crippen LogP contribution >= 0.6 is 11.3 Å². The van der Waals surface area contributed by atoms with E-state index in [0.29, 0.717) is 11.3 Å². The van der Waals surface area contributed by atoms with E-state index in [4.69, 9.17) is 5.11 Å². The van der Waals surface area contributed by atoms with Gasteiger partial charge in [0.2, 0.25) is 0 Å². The average Bonchev–Trinajstić information content (AvgIpc) is 2.96. The van der Waals surface area contributed by atoms with E-state index in [-0.39, 0.29) is 21.0 Å². The highest BCUT2D eigenvalue weighted by atomic mass is 32.1. The number of rotatable bonds is 2. The molecule has 10 heteroatoms. The number of carbonyl (C=O) groups is 1. The summed E-state index contributed by atoms with van der Waals surface area (Å²) in [4.78, 5) is 18.4. The largest absolute Gasteiger partial charge is 0.477 e. The molecule has 3 aromatic heterocycles. The Balaban J connectivity index is 2.32. The van der Waals surface area contributed by atoms with Gasteiger partial charge in [-0.15, -0.1) is 11.3 Å². The lowest BCUT2D eigenvalue weighted by Gasteiger charge is -2.02. The van der Waals surface area contributed by atoms with Gasteiger partial charge in [-0.2, -0.15) is 23.0 Å².